The highest BCUT2D eigenvalue weighted by Crippen LogP contribution is 2.33. The molecule has 0 saturated carbocycles. The number of rotatable bonds is 30. The summed E-state index contributed by atoms with van der Waals surface area (Å²) >= 11 is 0. The van der Waals surface area contributed by atoms with Crippen LogP contribution in [0.5, 0.6) is 0 Å². The van der Waals surface area contributed by atoms with Crippen molar-refractivity contribution in [2.75, 3.05) is 26.4 Å². The van der Waals surface area contributed by atoms with E-state index >= 15 is 0 Å². The van der Waals surface area contributed by atoms with Crippen LogP contribution < -0.4 is 5.32 Å². The van der Waals surface area contributed by atoms with Crippen LogP contribution in [0.15, 0.2) is 24.3 Å². The minimum atomic E-state index is -1.98. The zero-order valence-corrected chi connectivity index (χ0v) is 37.0. The fourth-order valence-corrected chi connectivity index (χ4v) is 7.78. The van der Waals surface area contributed by atoms with Crippen molar-refractivity contribution in [1.29, 1.82) is 0 Å². The molecule has 19 nitrogen and oxygen atoms in total. The lowest BCUT2D eigenvalue weighted by Crippen LogP contribution is -2.66. The molecule has 17 unspecified atom stereocenters. The maximum absolute atomic E-state index is 13.1. The quantitative estimate of drug-likeness (QED) is 0.0325. The molecule has 0 spiro atoms. The highest BCUT2D eigenvalue weighted by molar-refractivity contribution is 5.76. The van der Waals surface area contributed by atoms with E-state index in [1.165, 1.54) is 38.5 Å². The summed E-state index contributed by atoms with van der Waals surface area (Å²) in [6.07, 6.45) is -3.32. The number of nitrogens with one attached hydrogen (secondary N) is 1. The van der Waals surface area contributed by atoms with Crippen LogP contribution in [0.25, 0.3) is 0 Å². The second-order valence-electron chi connectivity index (χ2n) is 16.9. The van der Waals surface area contributed by atoms with Gasteiger partial charge in [-0.05, 0) is 25.7 Å². The Morgan fingerprint density at radius 1 is 0.556 bits per heavy atom. The first-order valence-corrected chi connectivity index (χ1v) is 23.1. The topological polar surface area (TPSA) is 307 Å². The Kier molecular flexibility index (Phi) is 26.9. The van der Waals surface area contributed by atoms with Gasteiger partial charge in [-0.15, -0.1) is 0 Å². The lowest BCUT2D eigenvalue weighted by atomic mass is 9.96. The van der Waals surface area contributed by atoms with Gasteiger partial charge in [-0.2, -0.15) is 0 Å². The van der Waals surface area contributed by atoms with Crippen molar-refractivity contribution in [3.63, 3.8) is 0 Å². The summed E-state index contributed by atoms with van der Waals surface area (Å²) in [6.45, 7) is 1.53. The SMILES string of the molecule is CCCC/C=C/CC/C=C/C(O)C(COC1OC(CO)C(OC2OC(CO)C(OC3OC(CO)C(O)C(O)C3O)C(O)C2O)C(O)C1O)NC(=O)CCCCCCCCCCCC. The van der Waals surface area contributed by atoms with E-state index in [1.54, 1.807) is 12.2 Å². The standard InChI is InChI=1S/C44H79NO18/c1-3-5-7-9-11-13-14-16-18-20-22-32(50)45-27(28(49)21-19-17-15-12-10-8-6-4-2)26-58-42-38(56)35(53)40(30(24-47)60-42)63-44-39(57)36(54)41(31(25-48)61-44)62-43-37(55)34(52)33(51)29(23-46)59-43/h10,12,19,21,27-31,33-44,46-49,51-57H,3-9,11,13-18,20,22-26H2,1-2H3,(H,45,50)/b12-10+,21-19+. The number of allylic oxidation sites excluding steroid dienone is 3. The van der Waals surface area contributed by atoms with Gasteiger partial charge in [0.25, 0.3) is 0 Å². The number of carbonyl (C=O) groups is 1. The van der Waals surface area contributed by atoms with E-state index in [4.69, 9.17) is 28.4 Å². The Balaban J connectivity index is 1.61. The Labute approximate surface area is 371 Å². The molecule has 3 heterocycles. The van der Waals surface area contributed by atoms with Gasteiger partial charge >= 0.3 is 0 Å². The normalized spacial score (nSPS) is 35.0. The van der Waals surface area contributed by atoms with E-state index in [9.17, 15) is 61.0 Å². The second kappa shape index (κ2) is 30.5. The van der Waals surface area contributed by atoms with Crippen LogP contribution >= 0.6 is 0 Å². The average Bonchev–Trinajstić information content (AvgIpc) is 3.28. The summed E-state index contributed by atoms with van der Waals surface area (Å²) in [5.74, 6) is -0.295. The molecule has 0 bridgehead atoms. The van der Waals surface area contributed by atoms with Crippen LogP contribution in [0, 0.1) is 0 Å². The molecule has 3 saturated heterocycles. The molecule has 63 heavy (non-hydrogen) atoms. The lowest BCUT2D eigenvalue weighted by Gasteiger charge is -2.48. The van der Waals surface area contributed by atoms with Crippen molar-refractivity contribution in [3.05, 3.63) is 24.3 Å². The number of aliphatic hydroxyl groups excluding tert-OH is 11. The molecule has 0 aliphatic carbocycles. The highest BCUT2D eigenvalue weighted by atomic mass is 16.8. The zero-order chi connectivity index (χ0) is 46.3. The van der Waals surface area contributed by atoms with Crippen molar-refractivity contribution < 1.29 is 89.4 Å². The Hall–Kier alpha value is -1.73. The molecule has 3 aliphatic heterocycles. The smallest absolute Gasteiger partial charge is 0.220 e. The Bertz CT molecular complexity index is 1280. The number of amides is 1. The molecular weight excluding hydrogens is 830 g/mol. The van der Waals surface area contributed by atoms with E-state index in [-0.39, 0.29) is 18.9 Å². The van der Waals surface area contributed by atoms with Gasteiger partial charge in [0.1, 0.15) is 73.2 Å². The number of hydrogen-bond acceptors (Lipinski definition) is 18. The fraction of sp³-hybridized carbons (Fsp3) is 0.886. The molecule has 0 aromatic carbocycles. The minimum Gasteiger partial charge on any atom is -0.394 e. The fourth-order valence-electron chi connectivity index (χ4n) is 7.78. The third-order valence-corrected chi connectivity index (χ3v) is 11.8. The maximum Gasteiger partial charge on any atom is 0.220 e. The molecule has 3 fully saturated rings. The molecule has 3 rings (SSSR count). The number of carbonyl (C=O) groups excluding carboxylic acids is 1. The maximum atomic E-state index is 13.1. The Morgan fingerprint density at radius 3 is 1.57 bits per heavy atom. The van der Waals surface area contributed by atoms with Crippen molar-refractivity contribution in [3.8, 4) is 0 Å². The molecule has 12 N–H and O–H groups in total. The van der Waals surface area contributed by atoms with Gasteiger partial charge in [0.05, 0.1) is 38.6 Å². The van der Waals surface area contributed by atoms with Crippen molar-refractivity contribution in [2.24, 2.45) is 0 Å². The molecule has 3 aliphatic rings. The van der Waals surface area contributed by atoms with E-state index in [2.05, 4.69) is 31.3 Å². The van der Waals surface area contributed by atoms with Crippen LogP contribution in [-0.2, 0) is 33.2 Å². The van der Waals surface area contributed by atoms with E-state index < -0.39 is 124 Å². The molecule has 0 aromatic rings. The van der Waals surface area contributed by atoms with Crippen molar-refractivity contribution in [1.82, 2.24) is 5.32 Å². The summed E-state index contributed by atoms with van der Waals surface area (Å²) in [6, 6.07) is -0.979. The first kappa shape index (κ1) is 55.6. The van der Waals surface area contributed by atoms with Crippen molar-refractivity contribution in [2.45, 2.75) is 221 Å². The van der Waals surface area contributed by atoms with Crippen LogP contribution in [0.4, 0.5) is 0 Å². The van der Waals surface area contributed by atoms with Crippen LogP contribution in [-0.4, -0.2) is 193 Å². The molecule has 19 heteroatoms. The molecular formula is C44H79NO18. The highest BCUT2D eigenvalue weighted by Gasteiger charge is 2.53. The molecule has 368 valence electrons. The van der Waals surface area contributed by atoms with Gasteiger partial charge in [0.2, 0.25) is 5.91 Å². The van der Waals surface area contributed by atoms with E-state index in [0.717, 1.165) is 44.9 Å². The van der Waals surface area contributed by atoms with Gasteiger partial charge in [-0.25, -0.2) is 0 Å². The molecule has 1 amide bonds. The van der Waals surface area contributed by atoms with E-state index in [1.807, 2.05) is 0 Å². The van der Waals surface area contributed by atoms with Crippen LogP contribution in [0.3, 0.4) is 0 Å². The zero-order valence-electron chi connectivity index (χ0n) is 37.0. The van der Waals surface area contributed by atoms with Gasteiger partial charge in [-0.3, -0.25) is 4.79 Å². The third kappa shape index (κ3) is 17.8. The number of hydrogen-bond donors (Lipinski definition) is 12. The van der Waals surface area contributed by atoms with Crippen LogP contribution in [0.2, 0.25) is 0 Å². The molecule has 0 radical (unpaired) electrons. The van der Waals surface area contributed by atoms with E-state index in [0.29, 0.717) is 12.8 Å². The number of unbranched alkanes of at least 4 members (excludes halogenated alkanes) is 12. The predicted molar refractivity (Wildman–Crippen MR) is 226 cm³/mol. The van der Waals surface area contributed by atoms with Gasteiger partial charge in [-0.1, -0.05) is 109 Å². The summed E-state index contributed by atoms with van der Waals surface area (Å²) in [5, 5.41) is 119. The predicted octanol–water partition coefficient (Wildman–Crippen LogP) is -0.309. The average molecular weight is 910 g/mol. The molecule has 0 aromatic heterocycles. The minimum absolute atomic E-state index is 0.237. The lowest BCUT2D eigenvalue weighted by molar-refractivity contribution is -0.379. The first-order valence-electron chi connectivity index (χ1n) is 23.1. The summed E-state index contributed by atoms with van der Waals surface area (Å²) in [5.41, 5.74) is 0. The van der Waals surface area contributed by atoms with Crippen molar-refractivity contribution >= 4 is 5.91 Å². The van der Waals surface area contributed by atoms with Gasteiger partial charge in [0, 0.05) is 6.42 Å². The third-order valence-electron chi connectivity index (χ3n) is 11.8. The van der Waals surface area contributed by atoms with Gasteiger partial charge in [0.15, 0.2) is 18.9 Å². The molecule has 17 atom stereocenters. The monoisotopic (exact) mass is 910 g/mol. The van der Waals surface area contributed by atoms with Gasteiger partial charge < -0.3 is 89.9 Å². The number of aliphatic hydroxyl groups is 11. The summed E-state index contributed by atoms with van der Waals surface area (Å²) < 4.78 is 33.9. The summed E-state index contributed by atoms with van der Waals surface area (Å²) in [7, 11) is 0. The largest absolute Gasteiger partial charge is 0.394 e. The Morgan fingerprint density at radius 2 is 1.02 bits per heavy atom. The first-order chi connectivity index (χ1) is 30.3. The van der Waals surface area contributed by atoms with Crippen LogP contribution in [0.1, 0.15) is 117 Å². The summed E-state index contributed by atoms with van der Waals surface area (Å²) in [4.78, 5) is 13.1. The number of ether oxygens (including phenoxy) is 6. The second-order valence-corrected chi connectivity index (χ2v) is 16.9.